The maximum atomic E-state index is 6.43. The topological polar surface area (TPSA) is 92.8 Å². The van der Waals surface area contributed by atoms with E-state index in [1.807, 2.05) is 18.9 Å². The van der Waals surface area contributed by atoms with Crippen LogP contribution in [-0.4, -0.2) is 64.7 Å². The number of nitrogen functional groups attached to an aromatic ring is 1. The standard InChI is InChI=1S/C16H21N7OS/c1-9-11-12(21-13(17)19-9)25-15(20-11)22(2)14-18-7-16(24-14)8-23-5-3-10(16)4-6-23/h10H,3-8H2,1-2H3,(H2,17,19,21). The Morgan fingerprint density at radius 2 is 2.08 bits per heavy atom. The molecule has 4 aliphatic heterocycles. The van der Waals surface area contributed by atoms with Crippen molar-refractivity contribution in [2.75, 3.05) is 43.9 Å². The normalized spacial score (nSPS) is 30.7. The summed E-state index contributed by atoms with van der Waals surface area (Å²) in [7, 11) is 1.95. The molecule has 6 heterocycles. The number of aromatic nitrogens is 3. The van der Waals surface area contributed by atoms with Crippen LogP contribution in [0, 0.1) is 12.8 Å². The van der Waals surface area contributed by atoms with Crippen molar-refractivity contribution in [1.29, 1.82) is 0 Å². The van der Waals surface area contributed by atoms with Gasteiger partial charge in [-0.25, -0.2) is 19.9 Å². The highest BCUT2D eigenvalue weighted by molar-refractivity contribution is 7.22. The molecule has 132 valence electrons. The molecule has 9 heteroatoms. The predicted octanol–water partition coefficient (Wildman–Crippen LogP) is 1.26. The van der Waals surface area contributed by atoms with Crippen LogP contribution in [0.25, 0.3) is 10.3 Å². The van der Waals surface area contributed by atoms with E-state index < -0.39 is 0 Å². The second-order valence-electron chi connectivity index (χ2n) is 7.19. The molecule has 2 aromatic heterocycles. The fraction of sp³-hybridized carbons (Fsp3) is 0.625. The Morgan fingerprint density at radius 1 is 1.28 bits per heavy atom. The van der Waals surface area contributed by atoms with E-state index in [-0.39, 0.29) is 11.5 Å². The molecular formula is C16H21N7OS. The summed E-state index contributed by atoms with van der Waals surface area (Å²) in [6.45, 7) is 6.01. The number of nitrogens with zero attached hydrogens (tertiary/aromatic N) is 6. The van der Waals surface area contributed by atoms with E-state index in [1.165, 1.54) is 37.3 Å². The monoisotopic (exact) mass is 359 g/mol. The number of amidine groups is 1. The Hall–Kier alpha value is -2.00. The average Bonchev–Trinajstić information content (AvgIpc) is 3.20. The molecule has 4 aliphatic rings. The third-order valence-electron chi connectivity index (χ3n) is 5.61. The average molecular weight is 359 g/mol. The zero-order valence-electron chi connectivity index (χ0n) is 14.4. The lowest BCUT2D eigenvalue weighted by Crippen LogP contribution is -2.61. The molecule has 1 spiro atoms. The summed E-state index contributed by atoms with van der Waals surface area (Å²) in [5.74, 6) is 0.888. The Morgan fingerprint density at radius 3 is 2.80 bits per heavy atom. The van der Waals surface area contributed by atoms with Crippen LogP contribution < -0.4 is 10.6 Å². The molecule has 2 aromatic rings. The lowest BCUT2D eigenvalue weighted by molar-refractivity contribution is -0.0836. The molecule has 2 bridgehead atoms. The molecule has 3 saturated heterocycles. The van der Waals surface area contributed by atoms with Crippen LogP contribution in [0.15, 0.2) is 4.99 Å². The molecule has 3 fully saturated rings. The highest BCUT2D eigenvalue weighted by Gasteiger charge is 2.52. The minimum absolute atomic E-state index is 0.142. The van der Waals surface area contributed by atoms with Crippen LogP contribution >= 0.6 is 11.3 Å². The van der Waals surface area contributed by atoms with Gasteiger partial charge in [0.15, 0.2) is 9.96 Å². The van der Waals surface area contributed by atoms with Crippen molar-refractivity contribution >= 4 is 38.8 Å². The fourth-order valence-electron chi connectivity index (χ4n) is 4.23. The van der Waals surface area contributed by atoms with E-state index in [0.717, 1.165) is 34.3 Å². The van der Waals surface area contributed by atoms with Gasteiger partial charge in [-0.15, -0.1) is 0 Å². The summed E-state index contributed by atoms with van der Waals surface area (Å²) in [5.41, 5.74) is 7.19. The number of anilines is 2. The molecule has 8 nitrogen and oxygen atoms in total. The molecule has 1 unspecified atom stereocenters. The number of aliphatic imine (C=N–C) groups is 1. The molecule has 6 rings (SSSR count). The van der Waals surface area contributed by atoms with Gasteiger partial charge < -0.3 is 10.5 Å². The summed E-state index contributed by atoms with van der Waals surface area (Å²) in [6, 6.07) is 0.659. The Kier molecular flexibility index (Phi) is 3.21. The van der Waals surface area contributed by atoms with Gasteiger partial charge in [0, 0.05) is 19.5 Å². The van der Waals surface area contributed by atoms with Gasteiger partial charge >= 0.3 is 0 Å². The minimum atomic E-state index is -0.142. The first-order chi connectivity index (χ1) is 12.0. The van der Waals surface area contributed by atoms with Gasteiger partial charge in [0.1, 0.15) is 11.1 Å². The second kappa shape index (κ2) is 5.25. The van der Waals surface area contributed by atoms with E-state index in [0.29, 0.717) is 11.9 Å². The SMILES string of the molecule is Cc1nc(N)nc2sc(N(C)C3=NCC4(CN5CCC4CC5)O3)nc12. The van der Waals surface area contributed by atoms with Gasteiger partial charge in [-0.3, -0.25) is 9.80 Å². The first-order valence-corrected chi connectivity index (χ1v) is 9.46. The number of fused-ring (bicyclic) bond motifs is 3. The van der Waals surface area contributed by atoms with E-state index in [1.54, 1.807) is 0 Å². The van der Waals surface area contributed by atoms with Crippen LogP contribution in [0.2, 0.25) is 0 Å². The molecule has 0 amide bonds. The third-order valence-corrected chi connectivity index (χ3v) is 6.64. The van der Waals surface area contributed by atoms with Gasteiger partial charge in [0.25, 0.3) is 6.02 Å². The van der Waals surface area contributed by atoms with Gasteiger partial charge in [-0.2, -0.15) is 0 Å². The fourth-order valence-corrected chi connectivity index (χ4v) is 5.19. The quantitative estimate of drug-likeness (QED) is 0.819. The van der Waals surface area contributed by atoms with Crippen LogP contribution in [-0.2, 0) is 4.74 Å². The summed E-state index contributed by atoms with van der Waals surface area (Å²) >= 11 is 1.48. The Labute approximate surface area is 149 Å². The van der Waals surface area contributed by atoms with E-state index in [9.17, 15) is 0 Å². The van der Waals surface area contributed by atoms with Crippen molar-refractivity contribution in [3.8, 4) is 0 Å². The number of aryl methyl sites for hydroxylation is 1. The number of nitrogens with two attached hydrogens (primary N) is 1. The zero-order chi connectivity index (χ0) is 17.2. The maximum absolute atomic E-state index is 6.43. The maximum Gasteiger partial charge on any atom is 0.294 e. The summed E-state index contributed by atoms with van der Waals surface area (Å²) in [5, 5.41) is 0.801. The largest absolute Gasteiger partial charge is 0.455 e. The summed E-state index contributed by atoms with van der Waals surface area (Å²) < 4.78 is 6.43. The number of piperidine rings is 3. The molecule has 1 atom stereocenters. The Balaban J connectivity index is 1.42. The molecule has 0 aromatic carbocycles. The molecule has 0 aliphatic carbocycles. The van der Waals surface area contributed by atoms with Crippen molar-refractivity contribution in [3.63, 3.8) is 0 Å². The predicted molar refractivity (Wildman–Crippen MR) is 98.0 cm³/mol. The molecule has 0 radical (unpaired) electrons. The summed E-state index contributed by atoms with van der Waals surface area (Å²) in [6.07, 6.45) is 2.42. The molecule has 2 N–H and O–H groups in total. The van der Waals surface area contributed by atoms with Gasteiger partial charge in [-0.05, 0) is 32.9 Å². The highest BCUT2D eigenvalue weighted by Crippen LogP contribution is 2.41. The minimum Gasteiger partial charge on any atom is -0.455 e. The van der Waals surface area contributed by atoms with Crippen molar-refractivity contribution in [3.05, 3.63) is 5.69 Å². The van der Waals surface area contributed by atoms with Gasteiger partial charge in [0.05, 0.1) is 12.2 Å². The number of hydrogen-bond acceptors (Lipinski definition) is 9. The molecule has 25 heavy (non-hydrogen) atoms. The van der Waals surface area contributed by atoms with Crippen molar-refractivity contribution in [2.45, 2.75) is 25.4 Å². The van der Waals surface area contributed by atoms with Crippen LogP contribution in [0.1, 0.15) is 18.5 Å². The number of rotatable bonds is 1. The van der Waals surface area contributed by atoms with Crippen molar-refractivity contribution in [1.82, 2.24) is 19.9 Å². The van der Waals surface area contributed by atoms with Crippen LogP contribution in [0.3, 0.4) is 0 Å². The van der Waals surface area contributed by atoms with Crippen molar-refractivity contribution < 1.29 is 4.74 Å². The third kappa shape index (κ3) is 2.29. The van der Waals surface area contributed by atoms with Crippen LogP contribution in [0.5, 0.6) is 0 Å². The lowest BCUT2D eigenvalue weighted by Gasteiger charge is -2.50. The Bertz CT molecular complexity index is 873. The highest BCUT2D eigenvalue weighted by atomic mass is 32.1. The van der Waals surface area contributed by atoms with Gasteiger partial charge in [0.2, 0.25) is 5.95 Å². The molecular weight excluding hydrogens is 338 g/mol. The molecule has 0 saturated carbocycles. The van der Waals surface area contributed by atoms with E-state index >= 15 is 0 Å². The number of hydrogen-bond donors (Lipinski definition) is 1. The first kappa shape index (κ1) is 15.3. The first-order valence-electron chi connectivity index (χ1n) is 8.64. The smallest absolute Gasteiger partial charge is 0.294 e. The van der Waals surface area contributed by atoms with E-state index in [4.69, 9.17) is 15.5 Å². The lowest BCUT2D eigenvalue weighted by atomic mass is 9.75. The van der Waals surface area contributed by atoms with Crippen molar-refractivity contribution in [2.24, 2.45) is 10.9 Å². The zero-order valence-corrected chi connectivity index (χ0v) is 15.2. The second-order valence-corrected chi connectivity index (χ2v) is 8.15. The summed E-state index contributed by atoms with van der Waals surface area (Å²) in [4.78, 5) is 23.1. The number of ether oxygens (including phenoxy) is 1. The van der Waals surface area contributed by atoms with Crippen LogP contribution in [0.4, 0.5) is 11.1 Å². The number of thiazole rings is 1. The van der Waals surface area contributed by atoms with E-state index in [2.05, 4.69) is 19.9 Å². The van der Waals surface area contributed by atoms with Gasteiger partial charge in [-0.1, -0.05) is 11.3 Å².